The van der Waals surface area contributed by atoms with Gasteiger partial charge < -0.3 is 9.47 Å². The topological polar surface area (TPSA) is 35.5 Å². The zero-order chi connectivity index (χ0) is 10.6. The molecule has 1 aliphatic rings. The summed E-state index contributed by atoms with van der Waals surface area (Å²) in [4.78, 5) is 11.2. The van der Waals surface area contributed by atoms with Gasteiger partial charge in [-0.25, -0.2) is 0 Å². The normalized spacial score (nSPS) is 22.4. The summed E-state index contributed by atoms with van der Waals surface area (Å²) < 4.78 is 8.47. The molecule has 0 amide bonds. The van der Waals surface area contributed by atoms with E-state index in [0.717, 1.165) is 12.8 Å². The second-order valence-electron chi connectivity index (χ2n) is 3.12. The first-order chi connectivity index (χ1) is 6.47. The molecule has 0 aromatic heterocycles. The minimum atomic E-state index is -1.54. The zero-order valence-electron chi connectivity index (χ0n) is 7.47. The molecular weight excluding hydrogens is 250 g/mol. The van der Waals surface area contributed by atoms with Gasteiger partial charge >= 0.3 is 5.97 Å². The van der Waals surface area contributed by atoms with Crippen LogP contribution in [0.5, 0.6) is 0 Å². The fourth-order valence-corrected chi connectivity index (χ4v) is 1.38. The molecule has 1 heterocycles. The van der Waals surface area contributed by atoms with Crippen LogP contribution in [0.15, 0.2) is 0 Å². The monoisotopic (exact) mass is 260 g/mol. The van der Waals surface area contributed by atoms with Crippen molar-refractivity contribution in [1.82, 2.24) is 0 Å². The summed E-state index contributed by atoms with van der Waals surface area (Å²) >= 11 is 16.2. The highest BCUT2D eigenvalue weighted by Gasteiger charge is 2.24. The van der Waals surface area contributed by atoms with Crippen LogP contribution in [-0.2, 0) is 14.3 Å². The molecule has 1 fully saturated rings. The van der Waals surface area contributed by atoms with Crippen LogP contribution in [-0.4, -0.2) is 29.1 Å². The Labute approximate surface area is 97.6 Å². The molecule has 1 saturated heterocycles. The summed E-state index contributed by atoms with van der Waals surface area (Å²) in [5.41, 5.74) is 0. The summed E-state index contributed by atoms with van der Waals surface area (Å²) in [5, 5.41) is 0. The Bertz CT molecular complexity index is 196. The van der Waals surface area contributed by atoms with Crippen LogP contribution in [0.4, 0.5) is 0 Å². The van der Waals surface area contributed by atoms with Gasteiger partial charge in [0.25, 0.3) is 0 Å². The third-order valence-corrected chi connectivity index (χ3v) is 2.14. The van der Waals surface area contributed by atoms with Crippen LogP contribution in [0.1, 0.15) is 19.3 Å². The molecule has 0 N–H and O–H groups in total. The van der Waals surface area contributed by atoms with Gasteiger partial charge in [0.15, 0.2) is 0 Å². The maximum atomic E-state index is 11.2. The average molecular weight is 262 g/mol. The van der Waals surface area contributed by atoms with E-state index < -0.39 is 3.79 Å². The third-order valence-electron chi connectivity index (χ3n) is 1.82. The van der Waals surface area contributed by atoms with Gasteiger partial charge in [-0.05, 0) is 12.8 Å². The third kappa shape index (κ3) is 5.25. The Morgan fingerprint density at radius 3 is 2.71 bits per heavy atom. The van der Waals surface area contributed by atoms with Gasteiger partial charge in [-0.1, -0.05) is 34.8 Å². The van der Waals surface area contributed by atoms with E-state index in [0.29, 0.717) is 6.61 Å². The number of hydrogen-bond donors (Lipinski definition) is 0. The van der Waals surface area contributed by atoms with Gasteiger partial charge in [0.05, 0.1) is 12.5 Å². The van der Waals surface area contributed by atoms with Crippen LogP contribution >= 0.6 is 34.8 Å². The number of alkyl halides is 3. The minimum Gasteiger partial charge on any atom is -0.461 e. The standard InChI is InChI=1S/C8H11Cl3O3/c9-8(10,11)5-14-7(12)4-6-2-1-3-13-6/h6H,1-5H2. The maximum Gasteiger partial charge on any atom is 0.308 e. The molecule has 3 nitrogen and oxygen atoms in total. The summed E-state index contributed by atoms with van der Waals surface area (Å²) in [7, 11) is 0. The highest BCUT2D eigenvalue weighted by atomic mass is 35.6. The lowest BCUT2D eigenvalue weighted by Gasteiger charge is -2.13. The predicted octanol–water partition coefficient (Wildman–Crippen LogP) is 2.47. The van der Waals surface area contributed by atoms with Crippen LogP contribution in [0.3, 0.4) is 0 Å². The van der Waals surface area contributed by atoms with Crippen molar-refractivity contribution in [1.29, 1.82) is 0 Å². The van der Waals surface area contributed by atoms with Crippen molar-refractivity contribution >= 4 is 40.8 Å². The van der Waals surface area contributed by atoms with Gasteiger partial charge in [0.2, 0.25) is 3.79 Å². The van der Waals surface area contributed by atoms with Crippen molar-refractivity contribution in [2.75, 3.05) is 13.2 Å². The number of ether oxygens (including phenoxy) is 2. The van der Waals surface area contributed by atoms with Crippen molar-refractivity contribution in [2.24, 2.45) is 0 Å². The number of hydrogen-bond acceptors (Lipinski definition) is 3. The fraction of sp³-hybridized carbons (Fsp3) is 0.875. The number of rotatable bonds is 3. The Hall–Kier alpha value is 0.300. The molecule has 1 rings (SSSR count). The zero-order valence-corrected chi connectivity index (χ0v) is 9.74. The Morgan fingerprint density at radius 2 is 2.21 bits per heavy atom. The van der Waals surface area contributed by atoms with Gasteiger partial charge in [-0.2, -0.15) is 0 Å². The molecule has 82 valence electrons. The first-order valence-corrected chi connectivity index (χ1v) is 5.45. The van der Waals surface area contributed by atoms with E-state index >= 15 is 0 Å². The molecular formula is C8H11Cl3O3. The van der Waals surface area contributed by atoms with E-state index in [4.69, 9.17) is 44.3 Å². The first kappa shape index (κ1) is 12.4. The first-order valence-electron chi connectivity index (χ1n) is 4.31. The van der Waals surface area contributed by atoms with Crippen molar-refractivity contribution in [3.63, 3.8) is 0 Å². The van der Waals surface area contributed by atoms with Crippen LogP contribution < -0.4 is 0 Å². The van der Waals surface area contributed by atoms with Gasteiger partial charge in [-0.3, -0.25) is 4.79 Å². The SMILES string of the molecule is O=C(CC1CCCO1)OCC(Cl)(Cl)Cl. The smallest absolute Gasteiger partial charge is 0.308 e. The van der Waals surface area contributed by atoms with Crippen molar-refractivity contribution in [2.45, 2.75) is 29.2 Å². The van der Waals surface area contributed by atoms with E-state index in [-0.39, 0.29) is 25.1 Å². The van der Waals surface area contributed by atoms with Gasteiger partial charge in [0, 0.05) is 6.61 Å². The van der Waals surface area contributed by atoms with E-state index in [1.165, 1.54) is 0 Å². The van der Waals surface area contributed by atoms with Crippen molar-refractivity contribution < 1.29 is 14.3 Å². The summed E-state index contributed by atoms with van der Waals surface area (Å²) in [6.45, 7) is 0.492. The average Bonchev–Trinajstić information content (AvgIpc) is 2.52. The largest absolute Gasteiger partial charge is 0.461 e. The van der Waals surface area contributed by atoms with E-state index in [2.05, 4.69) is 0 Å². The molecule has 0 spiro atoms. The molecule has 1 atom stereocenters. The van der Waals surface area contributed by atoms with Crippen LogP contribution in [0.25, 0.3) is 0 Å². The summed E-state index contributed by atoms with van der Waals surface area (Å²) in [6, 6.07) is 0. The van der Waals surface area contributed by atoms with E-state index in [1.807, 2.05) is 0 Å². The molecule has 0 bridgehead atoms. The fourth-order valence-electron chi connectivity index (χ4n) is 1.21. The quantitative estimate of drug-likeness (QED) is 0.578. The van der Waals surface area contributed by atoms with Crippen molar-refractivity contribution in [3.05, 3.63) is 0 Å². The summed E-state index contributed by atoms with van der Waals surface area (Å²) in [5.74, 6) is -0.386. The Morgan fingerprint density at radius 1 is 1.50 bits per heavy atom. The van der Waals surface area contributed by atoms with Crippen LogP contribution in [0, 0.1) is 0 Å². The molecule has 0 saturated carbocycles. The molecule has 14 heavy (non-hydrogen) atoms. The Balaban J connectivity index is 2.15. The molecule has 6 heteroatoms. The molecule has 1 aliphatic heterocycles. The molecule has 0 radical (unpaired) electrons. The maximum absolute atomic E-state index is 11.2. The number of esters is 1. The number of halogens is 3. The molecule has 0 aliphatic carbocycles. The van der Waals surface area contributed by atoms with Crippen molar-refractivity contribution in [3.8, 4) is 0 Å². The van der Waals surface area contributed by atoms with Crippen LogP contribution in [0.2, 0.25) is 0 Å². The second kappa shape index (κ2) is 5.40. The Kier molecular flexibility index (Phi) is 4.77. The number of carbonyl (C=O) groups is 1. The lowest BCUT2D eigenvalue weighted by atomic mass is 10.2. The summed E-state index contributed by atoms with van der Waals surface area (Å²) in [6.07, 6.45) is 2.09. The van der Waals surface area contributed by atoms with Gasteiger partial charge in [-0.15, -0.1) is 0 Å². The highest BCUT2D eigenvalue weighted by molar-refractivity contribution is 6.67. The minimum absolute atomic E-state index is 0.0297. The predicted molar refractivity (Wildman–Crippen MR) is 54.8 cm³/mol. The van der Waals surface area contributed by atoms with E-state index in [9.17, 15) is 4.79 Å². The molecule has 1 unspecified atom stereocenters. The van der Waals surface area contributed by atoms with Gasteiger partial charge in [0.1, 0.15) is 6.61 Å². The highest BCUT2D eigenvalue weighted by Crippen LogP contribution is 2.26. The van der Waals surface area contributed by atoms with E-state index in [1.54, 1.807) is 0 Å². The molecule has 0 aromatic carbocycles. The lowest BCUT2D eigenvalue weighted by Crippen LogP contribution is -2.20. The second-order valence-corrected chi connectivity index (χ2v) is 5.63. The molecule has 0 aromatic rings. The number of carbonyl (C=O) groups excluding carboxylic acids is 1. The lowest BCUT2D eigenvalue weighted by molar-refractivity contribution is -0.145.